The topological polar surface area (TPSA) is 521 Å². The molecule has 12 unspecified atom stereocenters. The summed E-state index contributed by atoms with van der Waals surface area (Å²) in [5.41, 5.74) is 7.20. The number of β-amino-alcohol motifs (C(OH)–C–C–N with tert-alkyl or cyclic N) is 6. The van der Waals surface area contributed by atoms with Crippen molar-refractivity contribution in [3.8, 4) is 5.75 Å². The van der Waals surface area contributed by atoms with Gasteiger partial charge in [0.05, 0.1) is 60.2 Å². The summed E-state index contributed by atoms with van der Waals surface area (Å²) in [5.74, 6) is 2.86. The van der Waals surface area contributed by atoms with Crippen molar-refractivity contribution in [2.75, 3.05) is 111 Å². The number of benzene rings is 5. The first-order chi connectivity index (χ1) is 64.0. The van der Waals surface area contributed by atoms with Crippen molar-refractivity contribution in [3.63, 3.8) is 0 Å². The van der Waals surface area contributed by atoms with Crippen molar-refractivity contribution in [1.29, 1.82) is 0 Å². The number of nitrogens with one attached hydrogen (secondary N) is 5. The Bertz CT molecular complexity index is 5360. The van der Waals surface area contributed by atoms with Gasteiger partial charge >= 0.3 is 0 Å². The minimum absolute atomic E-state index is 0.0287. The molecule has 6 saturated heterocycles. The van der Waals surface area contributed by atoms with Crippen LogP contribution in [0, 0.1) is 55.7 Å². The molecule has 45 heteroatoms. The van der Waals surface area contributed by atoms with Gasteiger partial charge in [-0.05, 0) is 199 Å². The monoisotopic (exact) mass is 2110 g/mol. The highest BCUT2D eigenvalue weighted by Gasteiger charge is 2.37. The van der Waals surface area contributed by atoms with E-state index in [-0.39, 0.29) is 80.1 Å². The number of hydrogen-bond acceptors (Lipinski definition) is 28. The summed E-state index contributed by atoms with van der Waals surface area (Å²) in [7, 11) is -19.4. The standard InChI is InChI=1S/C24H42N2O3S.C15H22Cl2N2O4S.C15H22Cl2N2O3S.2C15H23N3O5S.C9H18N2O2/c1-15(2)20-10-22(16(3)4)24(23(11-20)17(5)6)30(28,29)25-12-21(27)14-26-13-18(7)9-19(26)8;1-9-3-10(2)19(7-9)8-12(20)6-18-24(22,23)14-5-11(16)4-13(17)15(14)21;1-10-5-11(2)19(8-10)9-13(20)7-18-23(21,22)15-6-12(16)3-4-14(15)17;1-11-7-12(2)17(9-11)10-14(19)8-16-24(22,23)15-5-3-13(4-6-15)18(20)21;1-11-7-12(2)17(9-11)10-13(19)8-16-24(22,23)15-6-4-3-5-14(15)18(20)21;1-6-3-7(2)11(4-6)5-8(12)9(10)13/h10-11,15-19,21,25,27H,9,12-14H2,1-8H3;4-5,9-10,12,18,20-21H,3,6-8H2,1-2H3;3-4,6,10-11,13,18,20H,5,7-9H2,1-2H3;3-6,11-12,14,16,19H,7-10H2,1-2H3;3-6,11-13,16,19H,7-10H2,1-2H3;6-8,12H,3-5H2,1-2H3,(H2,10,13)/t18?,19?,21-;9?,10?,12-;10?,11?,13-;11?,12?,14-;11?,12?,13-;6?,7?,8-/m000001/s1. The quantitative estimate of drug-likeness (QED) is 0.0129. The number of non-ortho nitro benzene ring substituents is 1. The number of rotatable bonds is 38. The fourth-order valence-electron chi connectivity index (χ4n) is 18.5. The van der Waals surface area contributed by atoms with E-state index in [4.69, 9.17) is 52.1 Å². The lowest BCUT2D eigenvalue weighted by Crippen LogP contribution is -2.41. The molecule has 1 amide bonds. The highest BCUT2D eigenvalue weighted by atomic mass is 35.5. The summed E-state index contributed by atoms with van der Waals surface area (Å²) in [6.45, 7) is 45.5. The maximum Gasteiger partial charge on any atom is 0.289 e. The summed E-state index contributed by atoms with van der Waals surface area (Å²) in [6.07, 6.45) is 1.45. The Kier molecular flexibility index (Phi) is 47.9. The van der Waals surface area contributed by atoms with Gasteiger partial charge in [-0.2, -0.15) is 0 Å². The first-order valence-electron chi connectivity index (χ1n) is 47.1. The van der Waals surface area contributed by atoms with Crippen LogP contribution in [0.3, 0.4) is 0 Å². The second kappa shape index (κ2) is 54.5. The van der Waals surface area contributed by atoms with Gasteiger partial charge in [0.1, 0.15) is 15.9 Å². The van der Waals surface area contributed by atoms with E-state index < -0.39 is 124 Å². The maximum atomic E-state index is 13.4. The summed E-state index contributed by atoms with van der Waals surface area (Å²) in [4.78, 5) is 43.2. The summed E-state index contributed by atoms with van der Waals surface area (Å²) < 4.78 is 137. The molecule has 6 fully saturated rings. The molecular formula is C93H150Cl4N14O22S5. The molecule has 6 aliphatic heterocycles. The molecule has 0 radical (unpaired) electrons. The number of aliphatic hydroxyl groups is 6. The minimum Gasteiger partial charge on any atom is -0.505 e. The molecule has 6 aliphatic rings. The van der Waals surface area contributed by atoms with Crippen LogP contribution in [0.15, 0.2) is 115 Å². The summed E-state index contributed by atoms with van der Waals surface area (Å²) in [6, 6.07) is 22.8. The molecule has 0 aliphatic carbocycles. The number of nitro groups is 2. The molecule has 5 aromatic rings. The molecule has 14 N–H and O–H groups in total. The van der Waals surface area contributed by atoms with Gasteiger partial charge in [0.15, 0.2) is 10.6 Å². The summed E-state index contributed by atoms with van der Waals surface area (Å²) >= 11 is 23.3. The predicted molar refractivity (Wildman–Crippen MR) is 540 cm³/mol. The predicted octanol–water partition coefficient (Wildman–Crippen LogP) is 10.3. The van der Waals surface area contributed by atoms with E-state index in [0.717, 1.165) is 113 Å². The fourth-order valence-corrected chi connectivity index (χ4v) is 26.2. The Balaban J connectivity index is 0.000000257. The number of phenolic OH excluding ortho intramolecular Hbond substituents is 1. The van der Waals surface area contributed by atoms with E-state index in [1.165, 1.54) is 60.2 Å². The van der Waals surface area contributed by atoms with Crippen molar-refractivity contribution < 1.29 is 92.5 Å². The second-order valence-electron chi connectivity index (χ2n) is 39.6. The van der Waals surface area contributed by atoms with Crippen molar-refractivity contribution >= 4 is 114 Å². The van der Waals surface area contributed by atoms with E-state index >= 15 is 0 Å². The van der Waals surface area contributed by atoms with Gasteiger partial charge in [0.2, 0.25) is 56.0 Å². The molecule has 0 spiro atoms. The molecular weight excluding hydrogens is 1970 g/mol. The van der Waals surface area contributed by atoms with Crippen molar-refractivity contribution in [1.82, 2.24) is 53.0 Å². The smallest absolute Gasteiger partial charge is 0.289 e. The Morgan fingerprint density at radius 3 is 1.01 bits per heavy atom. The molecule has 6 heterocycles. The van der Waals surface area contributed by atoms with Crippen molar-refractivity contribution in [2.45, 2.75) is 278 Å². The number of amides is 1. The van der Waals surface area contributed by atoms with Crippen molar-refractivity contribution in [3.05, 3.63) is 148 Å². The number of nitrogens with two attached hydrogens (primary N) is 1. The molecule has 0 aromatic heterocycles. The van der Waals surface area contributed by atoms with Crippen LogP contribution in [0.4, 0.5) is 11.4 Å². The number of carbonyl (C=O) groups is 1. The van der Waals surface area contributed by atoms with Gasteiger partial charge in [-0.15, -0.1) is 0 Å². The number of hydrogen-bond donors (Lipinski definition) is 13. The fraction of sp³-hybridized carbons (Fsp3) is 0.667. The van der Waals surface area contributed by atoms with E-state index in [1.54, 1.807) is 0 Å². The van der Waals surface area contributed by atoms with Crippen LogP contribution < -0.4 is 29.3 Å². The van der Waals surface area contributed by atoms with Crippen LogP contribution in [0.2, 0.25) is 20.1 Å². The number of sulfonamides is 5. The highest BCUT2D eigenvalue weighted by molar-refractivity contribution is 7.90. The van der Waals surface area contributed by atoms with Crippen LogP contribution >= 0.6 is 46.4 Å². The zero-order chi connectivity index (χ0) is 104. The third-order valence-corrected chi connectivity index (χ3v) is 34.1. The molecule has 18 atom stereocenters. The van der Waals surface area contributed by atoms with Gasteiger partial charge in [0, 0.05) is 176 Å². The van der Waals surface area contributed by atoms with Crippen LogP contribution in [-0.4, -0.2) is 307 Å². The average molecular weight is 2120 g/mol. The highest BCUT2D eigenvalue weighted by Crippen LogP contribution is 2.38. The number of halogens is 4. The zero-order valence-corrected chi connectivity index (χ0v) is 89.6. The lowest BCUT2D eigenvalue weighted by molar-refractivity contribution is -0.387. The number of aromatic hydroxyl groups is 1. The number of carbonyl (C=O) groups excluding carboxylic acids is 1. The third kappa shape index (κ3) is 37.8. The van der Waals surface area contributed by atoms with Gasteiger partial charge in [-0.25, -0.2) is 65.7 Å². The molecule has 11 rings (SSSR count). The number of nitro benzene ring substituents is 2. The Morgan fingerprint density at radius 2 is 0.703 bits per heavy atom. The van der Waals surface area contributed by atoms with Gasteiger partial charge in [-0.1, -0.05) is 154 Å². The number of likely N-dealkylation sites (tertiary alicyclic amines) is 6. The van der Waals surface area contributed by atoms with E-state index in [0.29, 0.717) is 122 Å². The maximum absolute atomic E-state index is 13.4. The van der Waals surface area contributed by atoms with Gasteiger partial charge in [-0.3, -0.25) is 54.4 Å². The number of nitrogens with zero attached hydrogens (tertiary/aromatic N) is 8. The molecule has 5 aromatic carbocycles. The van der Waals surface area contributed by atoms with E-state index in [2.05, 4.69) is 150 Å². The molecule has 36 nitrogen and oxygen atoms in total. The molecule has 0 saturated carbocycles. The normalized spacial score (nSPS) is 24.0. The van der Waals surface area contributed by atoms with Crippen LogP contribution in [-0.2, 0) is 54.9 Å². The average Bonchev–Trinajstić information content (AvgIpc) is 0.967. The summed E-state index contributed by atoms with van der Waals surface area (Å²) in [5, 5.41) is 91.9. The molecule has 138 heavy (non-hydrogen) atoms. The number of phenols is 1. The lowest BCUT2D eigenvalue weighted by atomic mass is 9.89. The number of primary amides is 1. The number of aliphatic hydroxyl groups excluding tert-OH is 6. The Hall–Kier alpha value is -5.60. The lowest BCUT2D eigenvalue weighted by Gasteiger charge is -2.25. The second-order valence-corrected chi connectivity index (χ2v) is 50.0. The van der Waals surface area contributed by atoms with Gasteiger partial charge < -0.3 is 41.5 Å². The third-order valence-electron chi connectivity index (χ3n) is 25.5. The van der Waals surface area contributed by atoms with E-state index in [9.17, 15) is 103 Å². The van der Waals surface area contributed by atoms with E-state index in [1.807, 2.05) is 39.8 Å². The van der Waals surface area contributed by atoms with Crippen LogP contribution in [0.25, 0.3) is 0 Å². The first kappa shape index (κ1) is 121. The Labute approximate surface area is 837 Å². The Morgan fingerprint density at radius 1 is 0.391 bits per heavy atom. The van der Waals surface area contributed by atoms with Crippen LogP contribution in [0.5, 0.6) is 5.75 Å². The SMILES string of the molecule is CC1CC(C)N(C[C@@H](O)C(N)=O)C1.CC1CC(C)N(C[C@@H](O)CNS(=O)(=O)c2c(C(C)C)cc(C(C)C)cc2C(C)C)C1.CC1CC(C)N(C[C@@H](O)CNS(=O)(=O)c2cc(Cl)cc(Cl)c2O)C1.CC1CC(C)N(C[C@@H](O)CNS(=O)(=O)c2cc(Cl)ccc2Cl)C1.CC1CC(C)N(C[C@@H](O)CNS(=O)(=O)c2ccc([N+](=O)[O-])cc2)C1.CC1CC(C)N(C[C@@H](O)CNS(=O)(=O)c2ccccc2[N+](=O)[O-])C1. The molecule has 0 bridgehead atoms. The molecule has 782 valence electrons. The first-order valence-corrected chi connectivity index (χ1v) is 56.0. The van der Waals surface area contributed by atoms with Crippen molar-refractivity contribution in [2.24, 2.45) is 41.2 Å². The van der Waals surface area contributed by atoms with Crippen LogP contribution in [0.1, 0.15) is 198 Å². The minimum atomic E-state index is -4.06. The van der Waals surface area contributed by atoms with Gasteiger partial charge in [0.25, 0.3) is 11.4 Å². The number of para-hydroxylation sites is 1. The largest absolute Gasteiger partial charge is 0.505 e. The zero-order valence-electron chi connectivity index (χ0n) is 82.5.